The minimum absolute atomic E-state index is 0.208. The van der Waals surface area contributed by atoms with Gasteiger partial charge in [0, 0.05) is 19.3 Å². The molecule has 0 aromatic carbocycles. The van der Waals surface area contributed by atoms with Gasteiger partial charge in [-0.05, 0) is 37.3 Å². The molecule has 116 valence electrons. The molecule has 1 aliphatic heterocycles. The van der Waals surface area contributed by atoms with Crippen LogP contribution in [-0.2, 0) is 0 Å². The summed E-state index contributed by atoms with van der Waals surface area (Å²) in [4.78, 5) is 18.8. The van der Waals surface area contributed by atoms with Gasteiger partial charge in [-0.15, -0.1) is 10.2 Å². The van der Waals surface area contributed by atoms with Gasteiger partial charge in [-0.2, -0.15) is 0 Å². The predicted octanol–water partition coefficient (Wildman–Crippen LogP) is 2.81. The number of rotatable bonds is 3. The summed E-state index contributed by atoms with van der Waals surface area (Å²) < 4.78 is 0. The molecule has 1 aliphatic rings. The summed E-state index contributed by atoms with van der Waals surface area (Å²) in [6.07, 6.45) is 5.29. The lowest BCUT2D eigenvalue weighted by molar-refractivity contribution is 0.102. The van der Waals surface area contributed by atoms with Gasteiger partial charge in [-0.25, -0.2) is 4.98 Å². The maximum atomic E-state index is 12.1. The van der Waals surface area contributed by atoms with Crippen molar-refractivity contribution in [1.29, 1.82) is 0 Å². The van der Waals surface area contributed by atoms with Crippen LogP contribution in [0.2, 0.25) is 0 Å². The van der Waals surface area contributed by atoms with E-state index < -0.39 is 0 Å². The summed E-state index contributed by atoms with van der Waals surface area (Å²) in [5.74, 6) is 1.52. The number of hydrogen-bond acceptors (Lipinski definition) is 6. The minimum atomic E-state index is -0.208. The largest absolute Gasteiger partial charge is 0.357 e. The minimum Gasteiger partial charge on any atom is -0.357 e. The maximum absolute atomic E-state index is 12.1. The van der Waals surface area contributed by atoms with Crippen molar-refractivity contribution >= 4 is 28.2 Å². The summed E-state index contributed by atoms with van der Waals surface area (Å²) >= 11 is 1.29. The second-order valence-corrected chi connectivity index (χ2v) is 6.46. The van der Waals surface area contributed by atoms with Crippen molar-refractivity contribution in [3.8, 4) is 0 Å². The molecule has 22 heavy (non-hydrogen) atoms. The van der Waals surface area contributed by atoms with Gasteiger partial charge in [0.25, 0.3) is 5.91 Å². The highest BCUT2D eigenvalue weighted by Crippen LogP contribution is 2.21. The number of nitrogens with zero attached hydrogens (tertiary/aromatic N) is 4. The Morgan fingerprint density at radius 2 is 2.27 bits per heavy atom. The summed E-state index contributed by atoms with van der Waals surface area (Å²) in [5, 5.41) is 10.7. The highest BCUT2D eigenvalue weighted by Gasteiger charge is 2.16. The normalized spacial score (nSPS) is 18.8. The molecule has 0 radical (unpaired) electrons. The van der Waals surface area contributed by atoms with Gasteiger partial charge in [-0.3, -0.25) is 10.1 Å². The fraction of sp³-hybridized carbons (Fsp3) is 0.467. The lowest BCUT2D eigenvalue weighted by Gasteiger charge is -2.21. The van der Waals surface area contributed by atoms with E-state index in [1.807, 2.05) is 12.1 Å². The zero-order valence-electron chi connectivity index (χ0n) is 12.5. The Kier molecular flexibility index (Phi) is 4.62. The van der Waals surface area contributed by atoms with Crippen LogP contribution < -0.4 is 10.2 Å². The third-order valence-corrected chi connectivity index (χ3v) is 4.54. The SMILES string of the molecule is CC1CCCN(c2ccc(C(=O)Nc3nncs3)cn2)CC1. The number of nitrogens with one attached hydrogen (secondary N) is 1. The smallest absolute Gasteiger partial charge is 0.259 e. The first-order valence-corrected chi connectivity index (χ1v) is 8.39. The van der Waals surface area contributed by atoms with Gasteiger partial charge in [0.05, 0.1) is 5.56 Å². The molecule has 0 aliphatic carbocycles. The molecule has 0 bridgehead atoms. The van der Waals surface area contributed by atoms with Gasteiger partial charge >= 0.3 is 0 Å². The van der Waals surface area contributed by atoms with Crippen LogP contribution in [0.3, 0.4) is 0 Å². The second kappa shape index (κ2) is 6.83. The molecule has 0 saturated carbocycles. The summed E-state index contributed by atoms with van der Waals surface area (Å²) in [6.45, 7) is 4.37. The van der Waals surface area contributed by atoms with Crippen LogP contribution in [0.15, 0.2) is 23.8 Å². The summed E-state index contributed by atoms with van der Waals surface area (Å²) in [5.41, 5.74) is 2.11. The van der Waals surface area contributed by atoms with E-state index in [0.29, 0.717) is 10.7 Å². The van der Waals surface area contributed by atoms with Crippen molar-refractivity contribution in [2.45, 2.75) is 26.2 Å². The van der Waals surface area contributed by atoms with Crippen molar-refractivity contribution < 1.29 is 4.79 Å². The molecule has 0 spiro atoms. The standard InChI is InChI=1S/C15H19N5OS/c1-11-3-2-7-20(8-6-11)13-5-4-12(9-16-13)14(21)18-15-19-17-10-22-15/h4-5,9-11H,2-3,6-8H2,1H3,(H,18,19,21). The van der Waals surface area contributed by atoms with Crippen molar-refractivity contribution in [2.75, 3.05) is 23.3 Å². The van der Waals surface area contributed by atoms with E-state index in [2.05, 4.69) is 32.3 Å². The van der Waals surface area contributed by atoms with Crippen molar-refractivity contribution in [3.05, 3.63) is 29.4 Å². The Balaban J connectivity index is 1.65. The van der Waals surface area contributed by atoms with Crippen molar-refractivity contribution in [3.63, 3.8) is 0 Å². The Hall–Kier alpha value is -2.02. The number of aromatic nitrogens is 3. The first-order chi connectivity index (χ1) is 10.7. The van der Waals surface area contributed by atoms with Crippen LogP contribution in [0.5, 0.6) is 0 Å². The van der Waals surface area contributed by atoms with Gasteiger partial charge in [0.15, 0.2) is 0 Å². The lowest BCUT2D eigenvalue weighted by Crippen LogP contribution is -2.25. The second-order valence-electron chi connectivity index (χ2n) is 5.63. The molecule has 3 rings (SSSR count). The molecule has 2 aromatic rings. The average Bonchev–Trinajstić information content (AvgIpc) is 2.94. The molecule has 7 heteroatoms. The van der Waals surface area contributed by atoms with E-state index in [9.17, 15) is 4.79 Å². The number of carbonyl (C=O) groups is 1. The Morgan fingerprint density at radius 3 is 3.00 bits per heavy atom. The topological polar surface area (TPSA) is 71.0 Å². The first-order valence-electron chi connectivity index (χ1n) is 7.51. The predicted molar refractivity (Wildman–Crippen MR) is 87.3 cm³/mol. The van der Waals surface area contributed by atoms with Crippen LogP contribution in [-0.4, -0.2) is 34.2 Å². The Bertz CT molecular complexity index is 613. The van der Waals surface area contributed by atoms with Crippen molar-refractivity contribution in [1.82, 2.24) is 15.2 Å². The Morgan fingerprint density at radius 1 is 1.36 bits per heavy atom. The average molecular weight is 317 g/mol. The first kappa shape index (κ1) is 14.9. The molecular weight excluding hydrogens is 298 g/mol. The van der Waals surface area contributed by atoms with Crippen LogP contribution in [0, 0.1) is 5.92 Å². The molecule has 1 N–H and O–H groups in total. The van der Waals surface area contributed by atoms with Gasteiger partial charge < -0.3 is 4.90 Å². The zero-order valence-corrected chi connectivity index (χ0v) is 13.3. The number of anilines is 2. The Labute approximate surface area is 133 Å². The molecular formula is C15H19N5OS. The van der Waals surface area contributed by atoms with Crippen molar-refractivity contribution in [2.24, 2.45) is 5.92 Å². The maximum Gasteiger partial charge on any atom is 0.259 e. The zero-order chi connectivity index (χ0) is 15.4. The van der Waals surface area contributed by atoms with E-state index in [1.54, 1.807) is 11.7 Å². The summed E-state index contributed by atoms with van der Waals surface area (Å²) in [6, 6.07) is 3.73. The molecule has 2 aromatic heterocycles. The quantitative estimate of drug-likeness (QED) is 0.942. The van der Waals surface area contributed by atoms with Gasteiger partial charge in [0.2, 0.25) is 5.13 Å². The van der Waals surface area contributed by atoms with Gasteiger partial charge in [0.1, 0.15) is 11.3 Å². The van der Waals surface area contributed by atoms with Crippen LogP contribution in [0.25, 0.3) is 0 Å². The molecule has 1 atom stereocenters. The summed E-state index contributed by atoms with van der Waals surface area (Å²) in [7, 11) is 0. The molecule has 1 saturated heterocycles. The van der Waals surface area contributed by atoms with E-state index in [4.69, 9.17) is 0 Å². The number of amides is 1. The number of hydrogen-bond donors (Lipinski definition) is 1. The van der Waals surface area contributed by atoms with Gasteiger partial charge in [-0.1, -0.05) is 18.3 Å². The van der Waals surface area contributed by atoms with Crippen LogP contribution in [0.4, 0.5) is 10.9 Å². The monoisotopic (exact) mass is 317 g/mol. The lowest BCUT2D eigenvalue weighted by atomic mass is 10.0. The van der Waals surface area contributed by atoms with E-state index in [0.717, 1.165) is 24.8 Å². The fourth-order valence-electron chi connectivity index (χ4n) is 2.60. The molecule has 1 fully saturated rings. The highest BCUT2D eigenvalue weighted by atomic mass is 32.1. The number of carbonyl (C=O) groups excluding carboxylic acids is 1. The van der Waals surface area contributed by atoms with E-state index >= 15 is 0 Å². The fourth-order valence-corrected chi connectivity index (χ4v) is 3.04. The molecule has 3 heterocycles. The van der Waals surface area contributed by atoms with Crippen LogP contribution in [0.1, 0.15) is 36.5 Å². The number of pyridine rings is 1. The molecule has 6 nitrogen and oxygen atoms in total. The third-order valence-electron chi connectivity index (χ3n) is 3.93. The van der Waals surface area contributed by atoms with Crippen LogP contribution >= 0.6 is 11.3 Å². The van der Waals surface area contributed by atoms with E-state index in [1.165, 1.54) is 30.6 Å². The third kappa shape index (κ3) is 3.59. The highest BCUT2D eigenvalue weighted by molar-refractivity contribution is 7.13. The molecule has 1 unspecified atom stereocenters. The molecule has 1 amide bonds. The van der Waals surface area contributed by atoms with E-state index in [-0.39, 0.29) is 5.91 Å².